The second-order valence-electron chi connectivity index (χ2n) is 4.06. The van der Waals surface area contributed by atoms with Crippen LogP contribution in [0.1, 0.15) is 17.0 Å². The summed E-state index contributed by atoms with van der Waals surface area (Å²) in [6.07, 6.45) is 0. The smallest absolute Gasteiger partial charge is 0.409 e. The van der Waals surface area contributed by atoms with Gasteiger partial charge < -0.3 is 9.84 Å². The number of benzene rings is 2. The predicted molar refractivity (Wildman–Crippen MR) is 74.2 cm³/mol. The summed E-state index contributed by atoms with van der Waals surface area (Å²) in [5.74, 6) is -1.82. The Bertz CT molecular complexity index is 625. The van der Waals surface area contributed by atoms with E-state index in [2.05, 4.69) is 0 Å². The van der Waals surface area contributed by atoms with Crippen LogP contribution >= 0.6 is 11.6 Å². The van der Waals surface area contributed by atoms with Gasteiger partial charge in [0.2, 0.25) is 0 Å². The molecule has 0 fully saturated rings. The molecule has 0 spiro atoms. The Morgan fingerprint density at radius 2 is 1.60 bits per heavy atom. The van der Waals surface area contributed by atoms with Gasteiger partial charge in [0.25, 0.3) is 0 Å². The summed E-state index contributed by atoms with van der Waals surface area (Å²) in [6, 6.07) is 15.1. The first-order chi connectivity index (χ1) is 9.59. The lowest BCUT2D eigenvalue weighted by Crippen LogP contribution is -2.14. The fourth-order valence-electron chi connectivity index (χ4n) is 2.00. The largest absolute Gasteiger partial charge is 0.481 e. The number of carboxylic acids is 1. The molecule has 0 aliphatic heterocycles. The van der Waals surface area contributed by atoms with E-state index in [1.807, 2.05) is 0 Å². The van der Waals surface area contributed by atoms with Gasteiger partial charge in [-0.2, -0.15) is 0 Å². The maximum atomic E-state index is 11.6. The van der Waals surface area contributed by atoms with Crippen molar-refractivity contribution in [3.05, 3.63) is 65.7 Å². The van der Waals surface area contributed by atoms with Gasteiger partial charge in [0.15, 0.2) is 0 Å². The Morgan fingerprint density at radius 1 is 1.00 bits per heavy atom. The van der Waals surface area contributed by atoms with E-state index in [1.165, 1.54) is 6.07 Å². The average Bonchev–Trinajstić information content (AvgIpc) is 2.41. The molecule has 2 aromatic rings. The Hall–Kier alpha value is -2.33. The van der Waals surface area contributed by atoms with Crippen LogP contribution in [-0.4, -0.2) is 16.5 Å². The van der Waals surface area contributed by atoms with Crippen molar-refractivity contribution in [1.82, 2.24) is 0 Å². The van der Waals surface area contributed by atoms with Crippen LogP contribution in [0.2, 0.25) is 0 Å². The van der Waals surface area contributed by atoms with E-state index < -0.39 is 17.3 Å². The van der Waals surface area contributed by atoms with Crippen molar-refractivity contribution in [2.24, 2.45) is 0 Å². The van der Waals surface area contributed by atoms with E-state index >= 15 is 0 Å². The molecule has 0 saturated carbocycles. The number of para-hydroxylation sites is 1. The highest BCUT2D eigenvalue weighted by Gasteiger charge is 2.25. The molecule has 0 amide bonds. The van der Waals surface area contributed by atoms with Crippen LogP contribution in [0.15, 0.2) is 54.6 Å². The minimum Gasteiger partial charge on any atom is -0.481 e. The molecule has 2 rings (SSSR count). The van der Waals surface area contributed by atoms with Gasteiger partial charge in [-0.05, 0) is 11.6 Å². The van der Waals surface area contributed by atoms with E-state index in [-0.39, 0.29) is 5.75 Å². The summed E-state index contributed by atoms with van der Waals surface area (Å²) >= 11 is 5.21. The molecule has 0 bridgehead atoms. The van der Waals surface area contributed by atoms with Crippen LogP contribution in [-0.2, 0) is 4.79 Å². The van der Waals surface area contributed by atoms with Crippen LogP contribution in [0, 0.1) is 0 Å². The van der Waals surface area contributed by atoms with Crippen LogP contribution in [0.25, 0.3) is 0 Å². The summed E-state index contributed by atoms with van der Waals surface area (Å²) in [7, 11) is 0. The zero-order valence-electron chi connectivity index (χ0n) is 10.3. The minimum atomic E-state index is -1.03. The van der Waals surface area contributed by atoms with E-state index in [0.29, 0.717) is 11.1 Å². The zero-order valence-corrected chi connectivity index (χ0v) is 11.1. The van der Waals surface area contributed by atoms with Crippen LogP contribution in [0.3, 0.4) is 0 Å². The van der Waals surface area contributed by atoms with Crippen molar-refractivity contribution in [3.8, 4) is 5.75 Å². The number of carboxylic acid groups (broad SMARTS) is 1. The highest BCUT2D eigenvalue weighted by molar-refractivity contribution is 6.61. The number of carbonyl (C=O) groups is 2. The third-order valence-corrected chi connectivity index (χ3v) is 2.88. The summed E-state index contributed by atoms with van der Waals surface area (Å²) in [5, 5.41) is 9.47. The third-order valence-electron chi connectivity index (χ3n) is 2.80. The summed E-state index contributed by atoms with van der Waals surface area (Å²) in [6.45, 7) is 0. The molecule has 0 saturated heterocycles. The lowest BCUT2D eigenvalue weighted by molar-refractivity contribution is -0.137. The number of rotatable bonds is 4. The summed E-state index contributed by atoms with van der Waals surface area (Å²) in [4.78, 5) is 22.5. The molecule has 102 valence electrons. The van der Waals surface area contributed by atoms with Crippen molar-refractivity contribution >= 4 is 23.0 Å². The summed E-state index contributed by atoms with van der Waals surface area (Å²) < 4.78 is 4.86. The van der Waals surface area contributed by atoms with Gasteiger partial charge in [0, 0.05) is 17.2 Å². The number of hydrogen-bond donors (Lipinski definition) is 1. The number of ether oxygens (including phenoxy) is 1. The van der Waals surface area contributed by atoms with Crippen molar-refractivity contribution in [1.29, 1.82) is 0 Å². The maximum Gasteiger partial charge on any atom is 0.409 e. The molecule has 4 nitrogen and oxygen atoms in total. The molecule has 0 radical (unpaired) electrons. The van der Waals surface area contributed by atoms with Gasteiger partial charge in [-0.1, -0.05) is 48.5 Å². The fourth-order valence-corrected chi connectivity index (χ4v) is 2.08. The Labute approximate surface area is 120 Å². The lowest BCUT2D eigenvalue weighted by Gasteiger charge is -2.16. The minimum absolute atomic E-state index is 0.142. The first-order valence-electron chi connectivity index (χ1n) is 5.83. The first-order valence-corrected chi connectivity index (χ1v) is 6.21. The molecule has 2 aromatic carbocycles. The van der Waals surface area contributed by atoms with Crippen molar-refractivity contribution in [2.45, 2.75) is 5.92 Å². The van der Waals surface area contributed by atoms with Crippen LogP contribution in [0.5, 0.6) is 5.75 Å². The standard InChI is InChI=1S/C15H11ClO4/c16-15(19)20-12-9-5-4-8-11(12)13(14(17)18)10-6-2-1-3-7-10/h1-9,13H,(H,17,18). The normalized spacial score (nSPS) is 11.7. The van der Waals surface area contributed by atoms with E-state index in [0.717, 1.165) is 0 Å². The molecule has 1 unspecified atom stereocenters. The molecule has 1 atom stereocenters. The molecule has 0 heterocycles. The third kappa shape index (κ3) is 3.16. The molecule has 0 aromatic heterocycles. The van der Waals surface area contributed by atoms with E-state index in [1.54, 1.807) is 48.5 Å². The molecule has 5 heteroatoms. The average molecular weight is 291 g/mol. The van der Waals surface area contributed by atoms with Gasteiger partial charge in [-0.3, -0.25) is 4.79 Å². The number of halogens is 1. The van der Waals surface area contributed by atoms with Gasteiger partial charge in [-0.15, -0.1) is 0 Å². The van der Waals surface area contributed by atoms with Crippen molar-refractivity contribution < 1.29 is 19.4 Å². The highest BCUT2D eigenvalue weighted by Crippen LogP contribution is 2.32. The SMILES string of the molecule is O=C(Cl)Oc1ccccc1C(C(=O)O)c1ccccc1. The lowest BCUT2D eigenvalue weighted by atomic mass is 9.91. The Morgan fingerprint density at radius 3 is 2.20 bits per heavy atom. The first kappa shape index (κ1) is 14.1. The van der Waals surface area contributed by atoms with Gasteiger partial charge in [-0.25, -0.2) is 4.79 Å². The number of aliphatic carboxylic acids is 1. The van der Waals surface area contributed by atoms with Crippen molar-refractivity contribution in [2.75, 3.05) is 0 Å². The molecule has 0 aliphatic carbocycles. The van der Waals surface area contributed by atoms with Crippen LogP contribution in [0.4, 0.5) is 4.79 Å². The quantitative estimate of drug-likeness (QED) is 0.873. The van der Waals surface area contributed by atoms with Crippen LogP contribution < -0.4 is 4.74 Å². The zero-order chi connectivity index (χ0) is 14.5. The second kappa shape index (κ2) is 6.21. The van der Waals surface area contributed by atoms with Crippen molar-refractivity contribution in [3.63, 3.8) is 0 Å². The number of carbonyl (C=O) groups excluding carboxylic acids is 1. The maximum absolute atomic E-state index is 11.6. The molecular weight excluding hydrogens is 280 g/mol. The van der Waals surface area contributed by atoms with E-state index in [9.17, 15) is 14.7 Å². The topological polar surface area (TPSA) is 63.6 Å². The molecule has 0 aliphatic rings. The fraction of sp³-hybridized carbons (Fsp3) is 0.0667. The van der Waals surface area contributed by atoms with Gasteiger partial charge in [0.05, 0.1) is 0 Å². The molecular formula is C15H11ClO4. The summed E-state index contributed by atoms with van der Waals surface area (Å²) in [5.41, 5.74) is -0.0343. The Balaban J connectivity index is 2.51. The highest BCUT2D eigenvalue weighted by atomic mass is 35.5. The number of hydrogen-bond acceptors (Lipinski definition) is 3. The molecule has 1 N–H and O–H groups in total. The van der Waals surface area contributed by atoms with Gasteiger partial charge >= 0.3 is 11.4 Å². The Kier molecular flexibility index (Phi) is 4.38. The van der Waals surface area contributed by atoms with Gasteiger partial charge in [0.1, 0.15) is 11.7 Å². The monoisotopic (exact) mass is 290 g/mol. The molecule has 20 heavy (non-hydrogen) atoms. The van der Waals surface area contributed by atoms with E-state index in [4.69, 9.17) is 16.3 Å². The predicted octanol–water partition coefficient (Wildman–Crippen LogP) is 3.64. The second-order valence-corrected chi connectivity index (χ2v) is 4.37.